The number of thiophene rings is 1. The van der Waals surface area contributed by atoms with Crippen LogP contribution in [0, 0.1) is 5.92 Å². The van der Waals surface area contributed by atoms with Gasteiger partial charge in [0.25, 0.3) is 5.91 Å². The van der Waals surface area contributed by atoms with E-state index in [-0.39, 0.29) is 10.8 Å². The lowest BCUT2D eigenvalue weighted by atomic mass is 9.90. The van der Waals surface area contributed by atoms with Gasteiger partial charge in [-0.3, -0.25) is 4.79 Å². The first-order valence-electron chi connectivity index (χ1n) is 8.34. The normalized spacial score (nSPS) is 17.1. The van der Waals surface area contributed by atoms with E-state index in [4.69, 9.17) is 5.14 Å². The predicted octanol–water partition coefficient (Wildman–Crippen LogP) is 2.49. The van der Waals surface area contributed by atoms with E-state index < -0.39 is 10.0 Å². The standard InChI is InChI=1S/C18H22N2O3S2/c1-12-2-7-16-14(10-12)11-17(24-16)18(21)20-9-8-13-3-5-15(6-4-13)25(19,22)23/h3-6,11-12H,2,7-10H2,1H3,(H,20,21)(H2,19,22,23). The molecule has 0 aliphatic heterocycles. The molecule has 3 rings (SSSR count). The first-order valence-corrected chi connectivity index (χ1v) is 10.7. The number of fused-ring (bicyclic) bond motifs is 1. The van der Waals surface area contributed by atoms with Gasteiger partial charge in [0, 0.05) is 11.4 Å². The summed E-state index contributed by atoms with van der Waals surface area (Å²) in [5.41, 5.74) is 2.28. The summed E-state index contributed by atoms with van der Waals surface area (Å²) < 4.78 is 22.5. The minimum atomic E-state index is -3.66. The molecule has 7 heteroatoms. The maximum atomic E-state index is 12.3. The second-order valence-corrected chi connectivity index (χ2v) is 9.30. The number of rotatable bonds is 5. The third kappa shape index (κ3) is 4.48. The molecule has 0 spiro atoms. The molecule has 0 fully saturated rings. The van der Waals surface area contributed by atoms with Gasteiger partial charge in [-0.15, -0.1) is 11.3 Å². The zero-order valence-corrected chi connectivity index (χ0v) is 15.8. The Kier molecular flexibility index (Phi) is 5.27. The first-order chi connectivity index (χ1) is 11.8. The van der Waals surface area contributed by atoms with Crippen molar-refractivity contribution in [3.63, 3.8) is 0 Å². The van der Waals surface area contributed by atoms with Crippen molar-refractivity contribution in [1.82, 2.24) is 5.32 Å². The molecule has 2 aromatic rings. The molecule has 1 amide bonds. The molecule has 134 valence electrons. The van der Waals surface area contributed by atoms with E-state index in [1.54, 1.807) is 23.5 Å². The van der Waals surface area contributed by atoms with E-state index in [2.05, 4.69) is 12.2 Å². The van der Waals surface area contributed by atoms with E-state index in [0.717, 1.165) is 23.3 Å². The summed E-state index contributed by atoms with van der Waals surface area (Å²) in [5, 5.41) is 8.02. The summed E-state index contributed by atoms with van der Waals surface area (Å²) in [7, 11) is -3.66. The summed E-state index contributed by atoms with van der Waals surface area (Å²) in [5.74, 6) is 0.659. The molecule has 0 saturated heterocycles. The second kappa shape index (κ2) is 7.27. The molecule has 1 aliphatic rings. The predicted molar refractivity (Wildman–Crippen MR) is 99.4 cm³/mol. The van der Waals surface area contributed by atoms with E-state index in [9.17, 15) is 13.2 Å². The largest absolute Gasteiger partial charge is 0.351 e. The summed E-state index contributed by atoms with van der Waals surface area (Å²) >= 11 is 1.60. The summed E-state index contributed by atoms with van der Waals surface area (Å²) in [6.07, 6.45) is 3.97. The van der Waals surface area contributed by atoms with Crippen molar-refractivity contribution in [2.75, 3.05) is 6.54 Å². The molecule has 1 aliphatic carbocycles. The van der Waals surface area contributed by atoms with Crippen LogP contribution < -0.4 is 10.5 Å². The average molecular weight is 379 g/mol. The Labute approximate surface area is 152 Å². The summed E-state index contributed by atoms with van der Waals surface area (Å²) in [4.78, 5) is 14.5. The number of nitrogens with one attached hydrogen (secondary N) is 1. The lowest BCUT2D eigenvalue weighted by Crippen LogP contribution is -2.24. The Morgan fingerprint density at radius 2 is 2.04 bits per heavy atom. The van der Waals surface area contributed by atoms with Crippen LogP contribution in [0.2, 0.25) is 0 Å². The Balaban J connectivity index is 1.54. The number of amides is 1. The van der Waals surface area contributed by atoms with Crippen LogP contribution in [0.5, 0.6) is 0 Å². The highest BCUT2D eigenvalue weighted by molar-refractivity contribution is 7.89. The van der Waals surface area contributed by atoms with Crippen molar-refractivity contribution in [2.45, 2.75) is 37.5 Å². The Morgan fingerprint density at radius 3 is 2.72 bits per heavy atom. The Morgan fingerprint density at radius 1 is 1.32 bits per heavy atom. The number of hydrogen-bond donors (Lipinski definition) is 2. The van der Waals surface area contributed by atoms with Gasteiger partial charge < -0.3 is 5.32 Å². The van der Waals surface area contributed by atoms with Gasteiger partial charge in [-0.05, 0) is 60.9 Å². The molecule has 3 N–H and O–H groups in total. The first kappa shape index (κ1) is 18.1. The molecule has 0 saturated carbocycles. The molecule has 1 aromatic carbocycles. The van der Waals surface area contributed by atoms with Gasteiger partial charge in [0.15, 0.2) is 0 Å². The van der Waals surface area contributed by atoms with Crippen molar-refractivity contribution in [2.24, 2.45) is 11.1 Å². The Hall–Kier alpha value is -1.70. The highest BCUT2D eigenvalue weighted by Crippen LogP contribution is 2.32. The molecule has 1 heterocycles. The second-order valence-electron chi connectivity index (χ2n) is 6.60. The van der Waals surface area contributed by atoms with E-state index in [1.807, 2.05) is 6.07 Å². The lowest BCUT2D eigenvalue weighted by Gasteiger charge is -2.16. The van der Waals surface area contributed by atoms with Crippen LogP contribution in [0.4, 0.5) is 0 Å². The fourth-order valence-electron chi connectivity index (χ4n) is 3.07. The zero-order valence-electron chi connectivity index (χ0n) is 14.1. The minimum Gasteiger partial charge on any atom is -0.351 e. The van der Waals surface area contributed by atoms with E-state index >= 15 is 0 Å². The fraction of sp³-hybridized carbons (Fsp3) is 0.389. The molecule has 0 bridgehead atoms. The molecular weight excluding hydrogens is 356 g/mol. The number of nitrogens with two attached hydrogens (primary N) is 1. The van der Waals surface area contributed by atoms with Crippen LogP contribution in [-0.4, -0.2) is 20.9 Å². The number of hydrogen-bond acceptors (Lipinski definition) is 4. The van der Waals surface area contributed by atoms with Crippen molar-refractivity contribution >= 4 is 27.3 Å². The highest BCUT2D eigenvalue weighted by atomic mass is 32.2. The van der Waals surface area contributed by atoms with Crippen LogP contribution in [-0.2, 0) is 29.3 Å². The molecule has 25 heavy (non-hydrogen) atoms. The Bertz CT molecular complexity index is 870. The summed E-state index contributed by atoms with van der Waals surface area (Å²) in [6.45, 7) is 2.76. The van der Waals surface area contributed by atoms with Crippen LogP contribution in [0.1, 0.15) is 39.0 Å². The van der Waals surface area contributed by atoms with E-state index in [1.165, 1.54) is 29.0 Å². The van der Waals surface area contributed by atoms with Crippen LogP contribution in [0.15, 0.2) is 35.2 Å². The quantitative estimate of drug-likeness (QED) is 0.838. The lowest BCUT2D eigenvalue weighted by molar-refractivity contribution is 0.0958. The molecule has 1 unspecified atom stereocenters. The minimum absolute atomic E-state index is 0.0341. The van der Waals surface area contributed by atoms with E-state index in [0.29, 0.717) is 18.9 Å². The van der Waals surface area contributed by atoms with Gasteiger partial charge in [-0.2, -0.15) is 0 Å². The molecule has 5 nitrogen and oxygen atoms in total. The van der Waals surface area contributed by atoms with Gasteiger partial charge in [0.05, 0.1) is 9.77 Å². The smallest absolute Gasteiger partial charge is 0.261 e. The van der Waals surface area contributed by atoms with Gasteiger partial charge in [-0.1, -0.05) is 19.1 Å². The number of primary sulfonamides is 1. The summed E-state index contributed by atoms with van der Waals surface area (Å²) in [6, 6.07) is 8.45. The topological polar surface area (TPSA) is 89.3 Å². The number of carbonyl (C=O) groups is 1. The third-order valence-corrected chi connectivity index (χ3v) is 6.67. The van der Waals surface area contributed by atoms with Gasteiger partial charge in [-0.25, -0.2) is 13.6 Å². The van der Waals surface area contributed by atoms with Crippen molar-refractivity contribution in [3.05, 3.63) is 51.2 Å². The maximum Gasteiger partial charge on any atom is 0.261 e. The molecule has 1 atom stereocenters. The molecular formula is C18H22N2O3S2. The van der Waals surface area contributed by atoms with Crippen molar-refractivity contribution in [1.29, 1.82) is 0 Å². The number of benzene rings is 1. The average Bonchev–Trinajstić information content (AvgIpc) is 2.97. The van der Waals surface area contributed by atoms with Crippen LogP contribution in [0.3, 0.4) is 0 Å². The molecule has 1 aromatic heterocycles. The van der Waals surface area contributed by atoms with Gasteiger partial charge in [0.2, 0.25) is 10.0 Å². The van der Waals surface area contributed by atoms with Crippen LogP contribution >= 0.6 is 11.3 Å². The van der Waals surface area contributed by atoms with Gasteiger partial charge in [0.1, 0.15) is 0 Å². The SMILES string of the molecule is CC1CCc2sc(C(=O)NCCc3ccc(S(N)(=O)=O)cc3)cc2C1. The van der Waals surface area contributed by atoms with Crippen molar-refractivity contribution in [3.8, 4) is 0 Å². The third-order valence-electron chi connectivity index (χ3n) is 4.50. The van der Waals surface area contributed by atoms with Crippen LogP contribution in [0.25, 0.3) is 0 Å². The van der Waals surface area contributed by atoms with Crippen molar-refractivity contribution < 1.29 is 13.2 Å². The maximum absolute atomic E-state index is 12.3. The highest BCUT2D eigenvalue weighted by Gasteiger charge is 2.20. The number of aryl methyl sites for hydroxylation is 1. The zero-order chi connectivity index (χ0) is 18.0. The fourth-order valence-corrected chi connectivity index (χ4v) is 4.71. The van der Waals surface area contributed by atoms with Gasteiger partial charge >= 0.3 is 0 Å². The monoisotopic (exact) mass is 378 g/mol. The number of carbonyl (C=O) groups excluding carboxylic acids is 1. The molecule has 0 radical (unpaired) electrons. The number of sulfonamides is 1.